The van der Waals surface area contributed by atoms with Crippen molar-refractivity contribution in [1.29, 1.82) is 0 Å². The van der Waals surface area contributed by atoms with Crippen LogP contribution in [0.25, 0.3) is 0 Å². The Morgan fingerprint density at radius 2 is 2.07 bits per heavy atom. The number of carbonyl (C=O) groups excluding carboxylic acids is 1. The van der Waals surface area contributed by atoms with Crippen molar-refractivity contribution in [3.05, 3.63) is 29.8 Å². The Morgan fingerprint density at radius 1 is 1.36 bits per heavy atom. The minimum atomic E-state index is -0.368. The van der Waals surface area contributed by atoms with Crippen molar-refractivity contribution in [1.82, 2.24) is 0 Å². The van der Waals surface area contributed by atoms with Crippen LogP contribution in [0, 0.1) is 0 Å². The Morgan fingerprint density at radius 3 is 2.86 bits per heavy atom. The van der Waals surface area contributed by atoms with Gasteiger partial charge in [-0.15, -0.1) is 12.4 Å². The van der Waals surface area contributed by atoms with Crippen LogP contribution in [0.15, 0.2) is 24.3 Å². The van der Waals surface area contributed by atoms with E-state index in [0.29, 0.717) is 0 Å². The number of nitrogens with one attached hydrogen (secondary N) is 1. The zero-order chi connectivity index (χ0) is 9.26. The highest BCUT2D eigenvalue weighted by Crippen LogP contribution is 2.20. The topological polar surface area (TPSA) is 55.1 Å². The summed E-state index contributed by atoms with van der Waals surface area (Å²) in [7, 11) is 0. The fourth-order valence-corrected chi connectivity index (χ4v) is 1.53. The maximum Gasteiger partial charge on any atom is 0.241 e. The second kappa shape index (κ2) is 4.44. The van der Waals surface area contributed by atoms with Crippen molar-refractivity contribution in [2.45, 2.75) is 18.9 Å². The maximum absolute atomic E-state index is 11.3. The Labute approximate surface area is 89.1 Å². The summed E-state index contributed by atoms with van der Waals surface area (Å²) in [5.74, 6) is -0.0787. The predicted molar refractivity (Wildman–Crippen MR) is 58.6 cm³/mol. The van der Waals surface area contributed by atoms with Crippen molar-refractivity contribution in [2.24, 2.45) is 5.73 Å². The van der Waals surface area contributed by atoms with Gasteiger partial charge >= 0.3 is 0 Å². The van der Waals surface area contributed by atoms with Crippen molar-refractivity contribution in [3.8, 4) is 0 Å². The van der Waals surface area contributed by atoms with Crippen LogP contribution in [0.2, 0.25) is 0 Å². The molecule has 1 amide bonds. The Kier molecular flexibility index (Phi) is 3.49. The van der Waals surface area contributed by atoms with Crippen LogP contribution in [0.1, 0.15) is 12.0 Å². The molecule has 76 valence electrons. The molecule has 0 saturated carbocycles. The molecular formula is C10H13ClN2O. The number of benzene rings is 1. The average Bonchev–Trinajstić information content (AvgIpc) is 2.28. The Bertz CT molecular complexity index is 341. The summed E-state index contributed by atoms with van der Waals surface area (Å²) < 4.78 is 0. The van der Waals surface area contributed by atoms with E-state index in [1.165, 1.54) is 5.56 Å². The maximum atomic E-state index is 11.3. The first-order valence-corrected chi connectivity index (χ1v) is 4.42. The van der Waals surface area contributed by atoms with E-state index in [1.54, 1.807) is 0 Å². The van der Waals surface area contributed by atoms with E-state index in [2.05, 4.69) is 5.32 Å². The van der Waals surface area contributed by atoms with Gasteiger partial charge in [-0.2, -0.15) is 0 Å². The van der Waals surface area contributed by atoms with Crippen LogP contribution < -0.4 is 11.1 Å². The monoisotopic (exact) mass is 212 g/mol. The van der Waals surface area contributed by atoms with E-state index in [-0.39, 0.29) is 24.4 Å². The predicted octanol–water partition coefficient (Wildman–Crippen LogP) is 1.32. The molecule has 0 fully saturated rings. The van der Waals surface area contributed by atoms with Crippen LogP contribution in [-0.4, -0.2) is 11.9 Å². The number of fused-ring (bicyclic) bond motifs is 1. The lowest BCUT2D eigenvalue weighted by atomic mass is 10.1. The molecular weight excluding hydrogens is 200 g/mol. The molecule has 1 heterocycles. The summed E-state index contributed by atoms with van der Waals surface area (Å²) in [6.45, 7) is 0. The molecule has 1 aliphatic rings. The smallest absolute Gasteiger partial charge is 0.241 e. The number of hydrogen-bond donors (Lipinski definition) is 2. The van der Waals surface area contributed by atoms with E-state index in [0.717, 1.165) is 18.5 Å². The highest BCUT2D eigenvalue weighted by atomic mass is 35.5. The van der Waals surface area contributed by atoms with Crippen LogP contribution in [-0.2, 0) is 11.2 Å². The second-order valence-electron chi connectivity index (χ2n) is 3.29. The molecule has 1 atom stereocenters. The molecule has 0 spiro atoms. The van der Waals surface area contributed by atoms with Gasteiger partial charge < -0.3 is 11.1 Å². The van der Waals surface area contributed by atoms with Gasteiger partial charge in [0.15, 0.2) is 0 Å². The Balaban J connectivity index is 0.000000980. The number of rotatable bonds is 0. The molecule has 3 nitrogen and oxygen atoms in total. The average molecular weight is 213 g/mol. The summed E-state index contributed by atoms with van der Waals surface area (Å²) in [5.41, 5.74) is 7.72. The second-order valence-corrected chi connectivity index (χ2v) is 3.29. The van der Waals surface area contributed by atoms with Crippen molar-refractivity contribution < 1.29 is 4.79 Å². The van der Waals surface area contributed by atoms with Gasteiger partial charge in [0.25, 0.3) is 0 Å². The van der Waals surface area contributed by atoms with Gasteiger partial charge in [0, 0.05) is 5.69 Å². The van der Waals surface area contributed by atoms with Crippen LogP contribution in [0.3, 0.4) is 0 Å². The van der Waals surface area contributed by atoms with Gasteiger partial charge in [-0.3, -0.25) is 4.79 Å². The van der Waals surface area contributed by atoms with E-state index < -0.39 is 0 Å². The van der Waals surface area contributed by atoms with Gasteiger partial charge in [-0.25, -0.2) is 0 Å². The van der Waals surface area contributed by atoms with Gasteiger partial charge in [0.1, 0.15) is 0 Å². The number of anilines is 1. The largest absolute Gasteiger partial charge is 0.324 e. The quantitative estimate of drug-likeness (QED) is 0.682. The van der Waals surface area contributed by atoms with Crippen LogP contribution in [0.4, 0.5) is 5.69 Å². The first-order chi connectivity index (χ1) is 6.27. The highest BCUT2D eigenvalue weighted by Gasteiger charge is 2.18. The van der Waals surface area contributed by atoms with Gasteiger partial charge in [-0.1, -0.05) is 18.2 Å². The third-order valence-electron chi connectivity index (χ3n) is 2.34. The summed E-state index contributed by atoms with van der Waals surface area (Å²) in [6.07, 6.45) is 1.60. The van der Waals surface area contributed by atoms with Gasteiger partial charge in [0.05, 0.1) is 6.04 Å². The zero-order valence-electron chi connectivity index (χ0n) is 7.69. The zero-order valence-corrected chi connectivity index (χ0v) is 8.51. The molecule has 4 heteroatoms. The van der Waals surface area contributed by atoms with Crippen molar-refractivity contribution in [3.63, 3.8) is 0 Å². The SMILES string of the molecule is Cl.N[C@@H]1CCc2ccccc2NC1=O. The third kappa shape index (κ3) is 2.05. The number of hydrogen-bond acceptors (Lipinski definition) is 2. The molecule has 0 radical (unpaired) electrons. The molecule has 2 rings (SSSR count). The fourth-order valence-electron chi connectivity index (χ4n) is 1.53. The number of para-hydroxylation sites is 1. The Hall–Kier alpha value is -1.06. The van der Waals surface area contributed by atoms with Crippen LogP contribution in [0.5, 0.6) is 0 Å². The standard InChI is InChI=1S/C10H12N2O.ClH/c11-8-6-5-7-3-1-2-4-9(7)12-10(8)13;/h1-4,8H,5-6,11H2,(H,12,13);1H/t8-;/m1./s1. The molecule has 3 N–H and O–H groups in total. The van der Waals surface area contributed by atoms with Crippen LogP contribution >= 0.6 is 12.4 Å². The summed E-state index contributed by atoms with van der Waals surface area (Å²) in [5, 5.41) is 2.81. The minimum absolute atomic E-state index is 0. The van der Waals surface area contributed by atoms with Gasteiger partial charge in [-0.05, 0) is 24.5 Å². The van der Waals surface area contributed by atoms with E-state index in [4.69, 9.17) is 5.73 Å². The van der Waals surface area contributed by atoms with Crippen molar-refractivity contribution >= 4 is 24.0 Å². The number of amides is 1. The van der Waals surface area contributed by atoms with Gasteiger partial charge in [0.2, 0.25) is 5.91 Å². The van der Waals surface area contributed by atoms with E-state index >= 15 is 0 Å². The highest BCUT2D eigenvalue weighted by molar-refractivity contribution is 5.96. The number of aryl methyl sites for hydroxylation is 1. The number of halogens is 1. The molecule has 14 heavy (non-hydrogen) atoms. The molecule has 0 saturated heterocycles. The molecule has 1 aromatic rings. The number of nitrogens with two attached hydrogens (primary N) is 1. The molecule has 0 unspecified atom stereocenters. The molecule has 0 bridgehead atoms. The molecule has 1 aliphatic heterocycles. The third-order valence-corrected chi connectivity index (χ3v) is 2.34. The fraction of sp³-hybridized carbons (Fsp3) is 0.300. The lowest BCUT2D eigenvalue weighted by Crippen LogP contribution is -2.34. The summed E-state index contributed by atoms with van der Waals surface area (Å²) in [6, 6.07) is 7.45. The molecule has 0 aromatic heterocycles. The van der Waals surface area contributed by atoms with E-state index in [1.807, 2.05) is 24.3 Å². The first-order valence-electron chi connectivity index (χ1n) is 4.42. The lowest BCUT2D eigenvalue weighted by molar-refractivity contribution is -0.117. The summed E-state index contributed by atoms with van der Waals surface area (Å²) in [4.78, 5) is 11.3. The first kappa shape index (κ1) is 11.0. The summed E-state index contributed by atoms with van der Waals surface area (Å²) >= 11 is 0. The van der Waals surface area contributed by atoms with Crippen molar-refractivity contribution in [2.75, 3.05) is 5.32 Å². The number of carbonyl (C=O) groups is 1. The molecule has 1 aromatic carbocycles. The minimum Gasteiger partial charge on any atom is -0.324 e. The molecule has 0 aliphatic carbocycles. The lowest BCUT2D eigenvalue weighted by Gasteiger charge is -2.06. The normalized spacial score (nSPS) is 20.1. The van der Waals surface area contributed by atoms with E-state index in [9.17, 15) is 4.79 Å².